The predicted octanol–water partition coefficient (Wildman–Crippen LogP) is 2.25. The Bertz CT molecular complexity index is 719. The zero-order valence-electron chi connectivity index (χ0n) is 11.4. The number of aromatic amines is 1. The number of nitrogens with zero attached hydrogens (tertiary/aromatic N) is 2. The number of carbonyl (C=O) groups excluding carboxylic acids is 1. The van der Waals surface area contributed by atoms with Crippen molar-refractivity contribution in [2.45, 2.75) is 24.3 Å². The van der Waals surface area contributed by atoms with Crippen molar-refractivity contribution in [3.63, 3.8) is 0 Å². The summed E-state index contributed by atoms with van der Waals surface area (Å²) in [7, 11) is 0. The summed E-state index contributed by atoms with van der Waals surface area (Å²) in [4.78, 5) is 26.1. The first-order chi connectivity index (χ1) is 9.97. The maximum Gasteiger partial charge on any atom is 0.273 e. The van der Waals surface area contributed by atoms with Crippen LogP contribution in [0, 0.1) is 6.92 Å². The van der Waals surface area contributed by atoms with Crippen LogP contribution in [0.3, 0.4) is 0 Å². The first kappa shape index (κ1) is 15.5. The smallest absolute Gasteiger partial charge is 0.273 e. The Morgan fingerprint density at radius 1 is 1.38 bits per heavy atom. The summed E-state index contributed by atoms with van der Waals surface area (Å²) in [5, 5.41) is 10.6. The van der Waals surface area contributed by atoms with Gasteiger partial charge in [0, 0.05) is 0 Å². The lowest BCUT2D eigenvalue weighted by atomic mass is 10.3. The number of anilines is 1. The molecule has 0 aliphatic rings. The standard InChI is InChI=1S/C13H13ClN4O2S/c1-7-11(19)16-13(18-17-7)21-8(2)12(20)15-10-6-4-3-5-9(10)14/h3-6,8H,1-2H3,(H,15,20)(H,16,18,19). The zero-order chi connectivity index (χ0) is 15.4. The van der Waals surface area contributed by atoms with Gasteiger partial charge in [-0.25, -0.2) is 0 Å². The molecule has 110 valence electrons. The number of rotatable bonds is 4. The maximum absolute atomic E-state index is 12.1. The second-order valence-corrected chi connectivity index (χ2v) is 6.01. The molecule has 1 amide bonds. The van der Waals surface area contributed by atoms with Gasteiger partial charge in [-0.3, -0.25) is 14.6 Å². The van der Waals surface area contributed by atoms with Crippen molar-refractivity contribution < 1.29 is 4.79 Å². The van der Waals surface area contributed by atoms with E-state index in [4.69, 9.17) is 11.6 Å². The highest BCUT2D eigenvalue weighted by atomic mass is 35.5. The number of amides is 1. The van der Waals surface area contributed by atoms with Crippen LogP contribution in [0.1, 0.15) is 12.6 Å². The average Bonchev–Trinajstić information content (AvgIpc) is 2.45. The van der Waals surface area contributed by atoms with E-state index in [-0.39, 0.29) is 17.2 Å². The normalized spacial score (nSPS) is 12.0. The average molecular weight is 325 g/mol. The fraction of sp³-hybridized carbons (Fsp3) is 0.231. The Morgan fingerprint density at radius 2 is 2.10 bits per heavy atom. The Morgan fingerprint density at radius 3 is 2.76 bits per heavy atom. The number of halogens is 1. The molecule has 1 unspecified atom stereocenters. The minimum absolute atomic E-state index is 0.240. The van der Waals surface area contributed by atoms with Gasteiger partial charge in [-0.05, 0) is 26.0 Å². The number of aryl methyl sites for hydroxylation is 1. The van der Waals surface area contributed by atoms with E-state index in [0.29, 0.717) is 15.9 Å². The Hall–Kier alpha value is -1.86. The van der Waals surface area contributed by atoms with E-state index < -0.39 is 5.25 Å². The van der Waals surface area contributed by atoms with Crippen LogP contribution in [0.4, 0.5) is 5.69 Å². The largest absolute Gasteiger partial charge is 0.324 e. The van der Waals surface area contributed by atoms with Crippen LogP contribution in [0.2, 0.25) is 5.02 Å². The van der Waals surface area contributed by atoms with E-state index in [1.54, 1.807) is 38.1 Å². The first-order valence-corrected chi connectivity index (χ1v) is 7.39. The van der Waals surface area contributed by atoms with Gasteiger partial charge >= 0.3 is 0 Å². The molecule has 1 heterocycles. The third-order valence-electron chi connectivity index (χ3n) is 2.63. The summed E-state index contributed by atoms with van der Waals surface area (Å²) in [6, 6.07) is 6.97. The van der Waals surface area contributed by atoms with E-state index >= 15 is 0 Å². The second-order valence-electron chi connectivity index (χ2n) is 4.27. The minimum Gasteiger partial charge on any atom is -0.324 e. The number of carbonyl (C=O) groups is 1. The lowest BCUT2D eigenvalue weighted by Gasteiger charge is -2.11. The number of H-pyrrole nitrogens is 1. The number of thioether (sulfide) groups is 1. The molecule has 1 atom stereocenters. The molecule has 2 rings (SSSR count). The molecule has 0 fully saturated rings. The van der Waals surface area contributed by atoms with Gasteiger partial charge in [-0.1, -0.05) is 35.5 Å². The Labute approximate surface area is 130 Å². The van der Waals surface area contributed by atoms with Crippen molar-refractivity contribution in [1.29, 1.82) is 0 Å². The molecule has 1 aromatic carbocycles. The molecule has 1 aromatic heterocycles. The molecular weight excluding hydrogens is 312 g/mol. The molecular formula is C13H13ClN4O2S. The lowest BCUT2D eigenvalue weighted by molar-refractivity contribution is -0.115. The van der Waals surface area contributed by atoms with Crippen LogP contribution in [-0.4, -0.2) is 26.3 Å². The molecule has 0 radical (unpaired) electrons. The molecule has 0 saturated carbocycles. The van der Waals surface area contributed by atoms with E-state index in [1.165, 1.54) is 0 Å². The Kier molecular flexibility index (Phi) is 4.98. The molecule has 0 aliphatic carbocycles. The van der Waals surface area contributed by atoms with Crippen LogP contribution in [0.25, 0.3) is 0 Å². The highest BCUT2D eigenvalue weighted by Crippen LogP contribution is 2.23. The Balaban J connectivity index is 2.04. The number of nitrogens with one attached hydrogen (secondary N) is 2. The molecule has 6 nitrogen and oxygen atoms in total. The summed E-state index contributed by atoms with van der Waals surface area (Å²) in [6.45, 7) is 3.27. The summed E-state index contributed by atoms with van der Waals surface area (Å²) in [5.74, 6) is -0.240. The number of aromatic nitrogens is 3. The van der Waals surface area contributed by atoms with Crippen LogP contribution in [0.5, 0.6) is 0 Å². The SMILES string of the molecule is Cc1nnc(SC(C)C(=O)Nc2ccccc2Cl)[nH]c1=O. The van der Waals surface area contributed by atoms with E-state index in [0.717, 1.165) is 11.8 Å². The van der Waals surface area contributed by atoms with Crippen molar-refractivity contribution in [1.82, 2.24) is 15.2 Å². The fourth-order valence-electron chi connectivity index (χ4n) is 1.45. The zero-order valence-corrected chi connectivity index (χ0v) is 13.0. The highest BCUT2D eigenvalue weighted by molar-refractivity contribution is 8.00. The quantitative estimate of drug-likeness (QED) is 0.842. The van der Waals surface area contributed by atoms with Crippen LogP contribution < -0.4 is 10.9 Å². The molecule has 0 saturated heterocycles. The molecule has 8 heteroatoms. The number of hydrogen-bond acceptors (Lipinski definition) is 5. The maximum atomic E-state index is 12.1. The number of benzene rings is 1. The highest BCUT2D eigenvalue weighted by Gasteiger charge is 2.17. The third-order valence-corrected chi connectivity index (χ3v) is 3.93. The molecule has 0 spiro atoms. The van der Waals surface area contributed by atoms with Gasteiger partial charge in [0.1, 0.15) is 5.69 Å². The molecule has 21 heavy (non-hydrogen) atoms. The fourth-order valence-corrected chi connectivity index (χ4v) is 2.37. The van der Waals surface area contributed by atoms with Gasteiger partial charge in [0.2, 0.25) is 5.91 Å². The van der Waals surface area contributed by atoms with Crippen molar-refractivity contribution in [2.24, 2.45) is 0 Å². The summed E-state index contributed by atoms with van der Waals surface area (Å²) in [6.07, 6.45) is 0. The minimum atomic E-state index is -0.464. The third kappa shape index (κ3) is 4.05. The lowest BCUT2D eigenvalue weighted by Crippen LogP contribution is -2.24. The van der Waals surface area contributed by atoms with Crippen LogP contribution in [-0.2, 0) is 4.79 Å². The van der Waals surface area contributed by atoms with E-state index in [9.17, 15) is 9.59 Å². The van der Waals surface area contributed by atoms with Crippen LogP contribution >= 0.6 is 23.4 Å². The molecule has 2 N–H and O–H groups in total. The van der Waals surface area contributed by atoms with Gasteiger partial charge in [-0.15, -0.1) is 10.2 Å². The van der Waals surface area contributed by atoms with Gasteiger partial charge in [0.05, 0.1) is 16.0 Å². The molecule has 2 aromatic rings. The van der Waals surface area contributed by atoms with Gasteiger partial charge < -0.3 is 5.32 Å². The van der Waals surface area contributed by atoms with Crippen LogP contribution in [0.15, 0.2) is 34.2 Å². The van der Waals surface area contributed by atoms with Gasteiger partial charge in [0.25, 0.3) is 5.56 Å². The number of hydrogen-bond donors (Lipinski definition) is 2. The monoisotopic (exact) mass is 324 g/mol. The summed E-state index contributed by atoms with van der Waals surface area (Å²) in [5.41, 5.74) is 0.513. The summed E-state index contributed by atoms with van der Waals surface area (Å²) < 4.78 is 0. The van der Waals surface area contributed by atoms with Gasteiger partial charge in [0.15, 0.2) is 5.16 Å². The van der Waals surface area contributed by atoms with Crippen molar-refractivity contribution in [3.05, 3.63) is 45.3 Å². The van der Waals surface area contributed by atoms with E-state index in [2.05, 4.69) is 20.5 Å². The van der Waals surface area contributed by atoms with Crippen molar-refractivity contribution in [3.8, 4) is 0 Å². The van der Waals surface area contributed by atoms with Crippen molar-refractivity contribution in [2.75, 3.05) is 5.32 Å². The predicted molar refractivity (Wildman–Crippen MR) is 82.8 cm³/mol. The second kappa shape index (κ2) is 6.73. The van der Waals surface area contributed by atoms with E-state index in [1.807, 2.05) is 0 Å². The van der Waals surface area contributed by atoms with Gasteiger partial charge in [-0.2, -0.15) is 0 Å². The molecule has 0 aliphatic heterocycles. The summed E-state index contributed by atoms with van der Waals surface area (Å²) >= 11 is 7.10. The number of para-hydroxylation sites is 1. The topological polar surface area (TPSA) is 87.7 Å². The first-order valence-electron chi connectivity index (χ1n) is 6.13. The molecule has 0 bridgehead atoms. The van der Waals surface area contributed by atoms with Crippen molar-refractivity contribution >= 4 is 35.0 Å².